The van der Waals surface area contributed by atoms with Gasteiger partial charge >= 0.3 is 0 Å². The van der Waals surface area contributed by atoms with Crippen LogP contribution in [0.4, 0.5) is 0 Å². The Bertz CT molecular complexity index is 512. The number of phenolic OH excluding ortho intramolecular Hbond substituents is 1. The largest absolute Gasteiger partial charge is 0.507 e. The average Bonchev–Trinajstić information content (AvgIpc) is 2.37. The second kappa shape index (κ2) is 6.75. The SMILES string of the molecule is CC(=O)c1ccc(C(O)C(O)CCN=[N+]=[N-])cc1O. The van der Waals surface area contributed by atoms with Crippen molar-refractivity contribution in [1.82, 2.24) is 0 Å². The van der Waals surface area contributed by atoms with Gasteiger partial charge < -0.3 is 15.3 Å². The number of azide groups is 1. The smallest absolute Gasteiger partial charge is 0.163 e. The van der Waals surface area contributed by atoms with Crippen molar-refractivity contribution < 1.29 is 20.1 Å². The van der Waals surface area contributed by atoms with Crippen molar-refractivity contribution in [3.8, 4) is 5.75 Å². The Balaban J connectivity index is 2.82. The molecule has 19 heavy (non-hydrogen) atoms. The first kappa shape index (κ1) is 15.0. The molecule has 102 valence electrons. The molecule has 0 saturated carbocycles. The normalized spacial score (nSPS) is 13.4. The first-order valence-electron chi connectivity index (χ1n) is 5.68. The highest BCUT2D eigenvalue weighted by Crippen LogP contribution is 2.26. The molecule has 7 heteroatoms. The first-order chi connectivity index (χ1) is 8.97. The van der Waals surface area contributed by atoms with Gasteiger partial charge in [0.25, 0.3) is 0 Å². The maximum Gasteiger partial charge on any atom is 0.163 e. The second-order valence-electron chi connectivity index (χ2n) is 4.09. The van der Waals surface area contributed by atoms with Gasteiger partial charge in [-0.1, -0.05) is 11.2 Å². The van der Waals surface area contributed by atoms with Gasteiger partial charge in [-0.25, -0.2) is 0 Å². The highest BCUT2D eigenvalue weighted by molar-refractivity contribution is 5.96. The summed E-state index contributed by atoms with van der Waals surface area (Å²) in [6, 6.07) is 4.08. The predicted molar refractivity (Wildman–Crippen MR) is 67.7 cm³/mol. The Morgan fingerprint density at radius 2 is 2.16 bits per heavy atom. The van der Waals surface area contributed by atoms with E-state index in [1.165, 1.54) is 25.1 Å². The van der Waals surface area contributed by atoms with Gasteiger partial charge in [0.05, 0.1) is 11.7 Å². The fraction of sp³-hybridized carbons (Fsp3) is 0.417. The lowest BCUT2D eigenvalue weighted by molar-refractivity contribution is 0.0149. The number of ketones is 1. The van der Waals surface area contributed by atoms with E-state index < -0.39 is 12.2 Å². The zero-order chi connectivity index (χ0) is 14.4. The summed E-state index contributed by atoms with van der Waals surface area (Å²) in [5.74, 6) is -0.534. The molecule has 3 N–H and O–H groups in total. The average molecular weight is 265 g/mol. The summed E-state index contributed by atoms with van der Waals surface area (Å²) in [6.45, 7) is 1.38. The lowest BCUT2D eigenvalue weighted by atomic mass is 9.99. The predicted octanol–water partition coefficient (Wildman–Crippen LogP) is 1.69. The van der Waals surface area contributed by atoms with E-state index in [4.69, 9.17) is 5.53 Å². The summed E-state index contributed by atoms with van der Waals surface area (Å²) in [7, 11) is 0. The van der Waals surface area contributed by atoms with Crippen molar-refractivity contribution in [3.63, 3.8) is 0 Å². The van der Waals surface area contributed by atoms with Gasteiger partial charge in [-0.2, -0.15) is 0 Å². The summed E-state index contributed by atoms with van der Waals surface area (Å²) in [6.07, 6.45) is -2.24. The fourth-order valence-electron chi connectivity index (χ4n) is 1.65. The van der Waals surface area contributed by atoms with Crippen LogP contribution in [-0.4, -0.2) is 33.8 Å². The number of rotatable bonds is 6. The number of aromatic hydroxyl groups is 1. The van der Waals surface area contributed by atoms with Crippen LogP contribution in [0.3, 0.4) is 0 Å². The summed E-state index contributed by atoms with van der Waals surface area (Å²) in [5.41, 5.74) is 8.54. The number of aliphatic hydroxyl groups is 2. The van der Waals surface area contributed by atoms with Crippen LogP contribution >= 0.6 is 0 Å². The number of aliphatic hydroxyl groups excluding tert-OH is 2. The zero-order valence-electron chi connectivity index (χ0n) is 10.4. The molecule has 0 bridgehead atoms. The molecular formula is C12H15N3O4. The number of phenols is 1. The third kappa shape index (κ3) is 3.96. The highest BCUT2D eigenvalue weighted by Gasteiger charge is 2.19. The molecule has 0 spiro atoms. The maximum absolute atomic E-state index is 11.1. The Labute approximate surface area is 109 Å². The van der Waals surface area contributed by atoms with Crippen LogP contribution in [0.5, 0.6) is 5.75 Å². The molecule has 0 fully saturated rings. The Morgan fingerprint density at radius 3 is 2.68 bits per heavy atom. The topological polar surface area (TPSA) is 127 Å². The van der Waals surface area contributed by atoms with Crippen molar-refractivity contribution in [2.45, 2.75) is 25.6 Å². The number of hydrogen-bond donors (Lipinski definition) is 3. The van der Waals surface area contributed by atoms with Crippen molar-refractivity contribution in [3.05, 3.63) is 39.8 Å². The molecule has 0 aliphatic carbocycles. The van der Waals surface area contributed by atoms with Crippen LogP contribution in [0.2, 0.25) is 0 Å². The van der Waals surface area contributed by atoms with Gasteiger partial charge in [0.2, 0.25) is 0 Å². The van der Waals surface area contributed by atoms with Crippen molar-refractivity contribution in [2.75, 3.05) is 6.54 Å². The van der Waals surface area contributed by atoms with Gasteiger partial charge in [0.1, 0.15) is 11.9 Å². The van der Waals surface area contributed by atoms with Crippen LogP contribution in [0.1, 0.15) is 35.4 Å². The van der Waals surface area contributed by atoms with E-state index in [1.807, 2.05) is 0 Å². The molecule has 0 aromatic heterocycles. The molecular weight excluding hydrogens is 250 g/mol. The minimum atomic E-state index is -1.22. The van der Waals surface area contributed by atoms with Gasteiger partial charge in [-0.15, -0.1) is 0 Å². The molecule has 0 amide bonds. The molecule has 7 nitrogen and oxygen atoms in total. The number of nitrogens with zero attached hydrogens (tertiary/aromatic N) is 3. The Kier molecular flexibility index (Phi) is 5.32. The van der Waals surface area contributed by atoms with E-state index in [9.17, 15) is 20.1 Å². The number of carbonyl (C=O) groups excluding carboxylic acids is 1. The van der Waals surface area contributed by atoms with E-state index in [0.29, 0.717) is 0 Å². The van der Waals surface area contributed by atoms with Gasteiger partial charge in [-0.05, 0) is 36.6 Å². The van der Waals surface area contributed by atoms with Crippen LogP contribution in [0.25, 0.3) is 10.4 Å². The number of benzene rings is 1. The maximum atomic E-state index is 11.1. The second-order valence-corrected chi connectivity index (χ2v) is 4.09. The molecule has 1 aromatic carbocycles. The van der Waals surface area contributed by atoms with E-state index in [0.717, 1.165) is 0 Å². The summed E-state index contributed by atoms with van der Waals surface area (Å²) >= 11 is 0. The van der Waals surface area contributed by atoms with Crippen LogP contribution in [0, 0.1) is 0 Å². The van der Waals surface area contributed by atoms with E-state index in [1.54, 1.807) is 0 Å². The summed E-state index contributed by atoms with van der Waals surface area (Å²) in [5, 5.41) is 32.4. The van der Waals surface area contributed by atoms with E-state index in [-0.39, 0.29) is 35.6 Å². The Hall–Kier alpha value is -2.08. The van der Waals surface area contributed by atoms with Crippen molar-refractivity contribution in [2.24, 2.45) is 5.11 Å². The molecule has 0 aliphatic rings. The van der Waals surface area contributed by atoms with Gasteiger partial charge in [-0.3, -0.25) is 4.79 Å². The Morgan fingerprint density at radius 1 is 1.47 bits per heavy atom. The number of Topliss-reactive ketones (excluding diaryl/α,β-unsaturated/α-hetero) is 1. The summed E-state index contributed by atoms with van der Waals surface area (Å²) < 4.78 is 0. The van der Waals surface area contributed by atoms with Gasteiger partial charge in [0, 0.05) is 11.5 Å². The first-order valence-corrected chi connectivity index (χ1v) is 5.68. The molecule has 1 aromatic rings. The standard InChI is InChI=1S/C12H15N3O4/c1-7(16)9-3-2-8(6-11(9)18)12(19)10(17)4-5-14-15-13/h2-3,6,10,12,17-19H,4-5H2,1H3. The third-order valence-electron chi connectivity index (χ3n) is 2.70. The van der Waals surface area contributed by atoms with E-state index >= 15 is 0 Å². The molecule has 0 saturated heterocycles. The molecule has 0 heterocycles. The van der Waals surface area contributed by atoms with Crippen LogP contribution in [0.15, 0.2) is 23.3 Å². The number of hydrogen-bond acceptors (Lipinski definition) is 5. The highest BCUT2D eigenvalue weighted by atomic mass is 16.3. The molecule has 0 aliphatic heterocycles. The van der Waals surface area contributed by atoms with Crippen molar-refractivity contribution in [1.29, 1.82) is 0 Å². The van der Waals surface area contributed by atoms with Crippen LogP contribution in [-0.2, 0) is 0 Å². The number of carbonyl (C=O) groups is 1. The summed E-state index contributed by atoms with van der Waals surface area (Å²) in [4.78, 5) is 13.7. The molecule has 2 atom stereocenters. The lowest BCUT2D eigenvalue weighted by Crippen LogP contribution is -2.19. The molecule has 1 rings (SSSR count). The monoisotopic (exact) mass is 265 g/mol. The van der Waals surface area contributed by atoms with E-state index in [2.05, 4.69) is 10.0 Å². The minimum Gasteiger partial charge on any atom is -0.507 e. The lowest BCUT2D eigenvalue weighted by Gasteiger charge is -2.18. The van der Waals surface area contributed by atoms with Gasteiger partial charge in [0.15, 0.2) is 5.78 Å². The van der Waals surface area contributed by atoms with Crippen molar-refractivity contribution >= 4 is 5.78 Å². The minimum absolute atomic E-state index is 0.0617. The quantitative estimate of drug-likeness (QED) is 0.313. The molecule has 0 radical (unpaired) electrons. The molecule has 2 unspecified atom stereocenters. The van der Waals surface area contributed by atoms with Crippen LogP contribution < -0.4 is 0 Å². The zero-order valence-corrected chi connectivity index (χ0v) is 10.4. The fourth-order valence-corrected chi connectivity index (χ4v) is 1.65. The third-order valence-corrected chi connectivity index (χ3v) is 2.70.